The number of nitrogens with zero attached hydrogens (tertiary/aromatic N) is 2. The van der Waals surface area contributed by atoms with Crippen LogP contribution in [0.1, 0.15) is 30.0 Å². The highest BCUT2D eigenvalue weighted by Gasteiger charge is 2.44. The Kier molecular flexibility index (Phi) is 5.03. The molecule has 0 aliphatic carbocycles. The van der Waals surface area contributed by atoms with Crippen LogP contribution in [0.25, 0.3) is 0 Å². The lowest BCUT2D eigenvalue weighted by atomic mass is 9.98. The highest BCUT2D eigenvalue weighted by molar-refractivity contribution is 6.30. The van der Waals surface area contributed by atoms with Gasteiger partial charge in [-0.1, -0.05) is 29.8 Å². The van der Waals surface area contributed by atoms with Gasteiger partial charge in [0.2, 0.25) is 0 Å². The number of hydrazone groups is 1. The minimum absolute atomic E-state index is 0.213. The largest absolute Gasteiger partial charge is 0.484 e. The zero-order valence-corrected chi connectivity index (χ0v) is 15.7. The molecule has 3 rings (SSSR count). The zero-order chi connectivity index (χ0) is 18.9. The van der Waals surface area contributed by atoms with Gasteiger partial charge in [0.15, 0.2) is 12.3 Å². The number of ether oxygens (including phenoxy) is 1. The molecule has 1 aliphatic rings. The Bertz CT molecular complexity index is 844. The van der Waals surface area contributed by atoms with E-state index in [4.69, 9.17) is 16.3 Å². The maximum atomic E-state index is 12.7. The second-order valence-electron chi connectivity index (χ2n) is 6.65. The third kappa shape index (κ3) is 3.74. The second kappa shape index (κ2) is 7.09. The number of amides is 1. The molecular weight excluding hydrogens is 352 g/mol. The van der Waals surface area contributed by atoms with E-state index in [1.165, 1.54) is 0 Å². The molecule has 6 heteroatoms. The van der Waals surface area contributed by atoms with E-state index in [9.17, 15) is 9.90 Å². The summed E-state index contributed by atoms with van der Waals surface area (Å²) >= 11 is 5.92. The fourth-order valence-electron chi connectivity index (χ4n) is 3.15. The van der Waals surface area contributed by atoms with Gasteiger partial charge in [-0.25, -0.2) is 0 Å². The Morgan fingerprint density at radius 2 is 1.81 bits per heavy atom. The Morgan fingerprint density at radius 1 is 1.19 bits per heavy atom. The molecule has 0 saturated heterocycles. The third-order valence-corrected chi connectivity index (χ3v) is 4.48. The summed E-state index contributed by atoms with van der Waals surface area (Å²) in [5, 5.41) is 17.0. The molecule has 1 N–H and O–H groups in total. The number of carbonyl (C=O) groups is 1. The number of rotatable bonds is 4. The Morgan fingerprint density at radius 3 is 2.42 bits per heavy atom. The molecule has 0 bridgehead atoms. The molecule has 1 amide bonds. The van der Waals surface area contributed by atoms with Crippen molar-refractivity contribution in [3.05, 3.63) is 64.2 Å². The Hall–Kier alpha value is -2.37. The summed E-state index contributed by atoms with van der Waals surface area (Å²) in [6, 6.07) is 12.5. The normalized spacial score (nSPS) is 19.4. The van der Waals surface area contributed by atoms with Crippen molar-refractivity contribution in [1.29, 1.82) is 0 Å². The van der Waals surface area contributed by atoms with Crippen LogP contribution in [0, 0.1) is 13.8 Å². The summed E-state index contributed by atoms with van der Waals surface area (Å²) in [6.07, 6.45) is 0.240. The fraction of sp³-hybridized carbons (Fsp3) is 0.300. The maximum absolute atomic E-state index is 12.7. The third-order valence-electron chi connectivity index (χ3n) is 4.22. The minimum atomic E-state index is -1.53. The van der Waals surface area contributed by atoms with E-state index in [-0.39, 0.29) is 13.0 Å². The van der Waals surface area contributed by atoms with Crippen LogP contribution in [0.4, 0.5) is 0 Å². The molecule has 1 atom stereocenters. The lowest BCUT2D eigenvalue weighted by Gasteiger charge is -2.31. The summed E-state index contributed by atoms with van der Waals surface area (Å²) in [5.74, 6) is 0.198. The van der Waals surface area contributed by atoms with Crippen molar-refractivity contribution < 1.29 is 14.6 Å². The van der Waals surface area contributed by atoms with Crippen LogP contribution in [-0.4, -0.2) is 28.3 Å². The van der Waals surface area contributed by atoms with Crippen LogP contribution < -0.4 is 4.74 Å². The first-order valence-electron chi connectivity index (χ1n) is 8.34. The molecule has 1 aliphatic heterocycles. The first-order chi connectivity index (χ1) is 12.3. The van der Waals surface area contributed by atoms with Crippen molar-refractivity contribution >= 4 is 23.2 Å². The van der Waals surface area contributed by atoms with Crippen molar-refractivity contribution in [3.8, 4) is 5.75 Å². The summed E-state index contributed by atoms with van der Waals surface area (Å²) in [6.45, 7) is 5.50. The SMILES string of the molecule is CC1=NN(C(=O)COc2cc(C)cc(C)c2)[C@@](O)(c2ccc(Cl)cc2)C1. The van der Waals surface area contributed by atoms with Crippen LogP contribution >= 0.6 is 11.6 Å². The van der Waals surface area contributed by atoms with Crippen molar-refractivity contribution in [3.63, 3.8) is 0 Å². The zero-order valence-electron chi connectivity index (χ0n) is 15.0. The van der Waals surface area contributed by atoms with E-state index < -0.39 is 11.6 Å². The second-order valence-corrected chi connectivity index (χ2v) is 7.09. The number of aryl methyl sites for hydroxylation is 2. The number of halogens is 1. The Balaban J connectivity index is 1.78. The first kappa shape index (κ1) is 18.4. The monoisotopic (exact) mass is 372 g/mol. The van der Waals surface area contributed by atoms with Gasteiger partial charge < -0.3 is 9.84 Å². The van der Waals surface area contributed by atoms with E-state index in [0.29, 0.717) is 22.0 Å². The molecule has 0 radical (unpaired) electrons. The molecule has 2 aromatic rings. The Labute approximate surface area is 157 Å². The summed E-state index contributed by atoms with van der Waals surface area (Å²) in [7, 11) is 0. The van der Waals surface area contributed by atoms with Gasteiger partial charge in [-0.3, -0.25) is 4.79 Å². The standard InChI is InChI=1S/C20H21ClN2O3/c1-13-8-14(2)10-18(9-13)26-12-19(24)23-20(25,11-15(3)22-23)16-4-6-17(21)7-5-16/h4-10,25H,11-12H2,1-3H3/t20-/m0/s1. The highest BCUT2D eigenvalue weighted by Crippen LogP contribution is 2.35. The van der Waals surface area contributed by atoms with E-state index in [1.807, 2.05) is 32.0 Å². The molecule has 0 fully saturated rings. The number of carbonyl (C=O) groups excluding carboxylic acids is 1. The van der Waals surface area contributed by atoms with Crippen LogP contribution in [-0.2, 0) is 10.5 Å². The van der Waals surface area contributed by atoms with Crippen LogP contribution in [0.15, 0.2) is 47.6 Å². The molecule has 136 valence electrons. The van der Waals surface area contributed by atoms with Crippen molar-refractivity contribution in [1.82, 2.24) is 5.01 Å². The summed E-state index contributed by atoms with van der Waals surface area (Å²) in [5.41, 5.74) is 1.81. The van der Waals surface area contributed by atoms with E-state index >= 15 is 0 Å². The van der Waals surface area contributed by atoms with Crippen LogP contribution in [0.5, 0.6) is 5.75 Å². The summed E-state index contributed by atoms with van der Waals surface area (Å²) in [4.78, 5) is 12.7. The number of hydrogen-bond donors (Lipinski definition) is 1. The molecule has 0 aromatic heterocycles. The van der Waals surface area contributed by atoms with Crippen molar-refractivity contribution in [2.24, 2.45) is 5.10 Å². The van der Waals surface area contributed by atoms with E-state index in [1.54, 1.807) is 31.2 Å². The van der Waals surface area contributed by atoms with E-state index in [0.717, 1.165) is 16.1 Å². The van der Waals surface area contributed by atoms with Crippen LogP contribution in [0.2, 0.25) is 5.02 Å². The number of aliphatic hydroxyl groups is 1. The highest BCUT2D eigenvalue weighted by atomic mass is 35.5. The van der Waals surface area contributed by atoms with E-state index in [2.05, 4.69) is 5.10 Å². The topological polar surface area (TPSA) is 62.1 Å². The molecule has 0 unspecified atom stereocenters. The van der Waals surface area contributed by atoms with Gasteiger partial charge in [0.25, 0.3) is 5.91 Å². The van der Waals surface area contributed by atoms with Gasteiger partial charge in [0, 0.05) is 22.7 Å². The average molecular weight is 373 g/mol. The molecule has 0 saturated carbocycles. The quantitative estimate of drug-likeness (QED) is 0.888. The molecule has 5 nitrogen and oxygen atoms in total. The van der Waals surface area contributed by atoms with Crippen LogP contribution in [0.3, 0.4) is 0 Å². The van der Waals surface area contributed by atoms with Gasteiger partial charge in [-0.05, 0) is 56.2 Å². The molecule has 0 spiro atoms. The predicted molar refractivity (Wildman–Crippen MR) is 101 cm³/mol. The smallest absolute Gasteiger partial charge is 0.283 e. The first-order valence-corrected chi connectivity index (χ1v) is 8.72. The average Bonchev–Trinajstić information content (AvgIpc) is 2.88. The van der Waals surface area contributed by atoms with Crippen molar-refractivity contribution in [2.75, 3.05) is 6.61 Å². The van der Waals surface area contributed by atoms with Crippen molar-refractivity contribution in [2.45, 2.75) is 32.9 Å². The molecular formula is C20H21ClN2O3. The molecule has 1 heterocycles. The van der Waals surface area contributed by atoms with Gasteiger partial charge in [0.1, 0.15) is 5.75 Å². The van der Waals surface area contributed by atoms with Gasteiger partial charge in [-0.2, -0.15) is 10.1 Å². The minimum Gasteiger partial charge on any atom is -0.484 e. The predicted octanol–water partition coefficient (Wildman–Crippen LogP) is 3.79. The summed E-state index contributed by atoms with van der Waals surface area (Å²) < 4.78 is 5.63. The van der Waals surface area contributed by atoms with Gasteiger partial charge >= 0.3 is 0 Å². The van der Waals surface area contributed by atoms with Gasteiger partial charge in [-0.15, -0.1) is 0 Å². The lowest BCUT2D eigenvalue weighted by molar-refractivity contribution is -0.159. The van der Waals surface area contributed by atoms with Gasteiger partial charge in [0.05, 0.1) is 0 Å². The molecule has 2 aromatic carbocycles. The fourth-order valence-corrected chi connectivity index (χ4v) is 3.27. The number of hydrogen-bond acceptors (Lipinski definition) is 4. The number of benzene rings is 2. The lowest BCUT2D eigenvalue weighted by Crippen LogP contribution is -2.45. The maximum Gasteiger partial charge on any atom is 0.283 e. The molecule has 26 heavy (non-hydrogen) atoms.